The molecular formula is C20H21BrN4O4. The van der Waals surface area contributed by atoms with Crippen LogP contribution in [0.1, 0.15) is 49.2 Å². The molecule has 3 aromatic rings. The normalized spacial score (nSPS) is 10.9. The minimum atomic E-state index is -0.537. The molecule has 3 rings (SSSR count). The van der Waals surface area contributed by atoms with Gasteiger partial charge in [0.25, 0.3) is 0 Å². The lowest BCUT2D eigenvalue weighted by Crippen LogP contribution is -2.33. The second-order valence-electron chi connectivity index (χ2n) is 6.30. The number of ketones is 1. The molecule has 0 saturated carbocycles. The summed E-state index contributed by atoms with van der Waals surface area (Å²) in [5.41, 5.74) is 0.856. The Morgan fingerprint density at radius 3 is 2.62 bits per heavy atom. The van der Waals surface area contributed by atoms with Crippen LogP contribution in [0, 0.1) is 0 Å². The molecule has 0 radical (unpaired) electrons. The predicted molar refractivity (Wildman–Crippen MR) is 111 cm³/mol. The smallest absolute Gasteiger partial charge is 0.414 e. The molecule has 3 heterocycles. The van der Waals surface area contributed by atoms with E-state index in [1.807, 2.05) is 0 Å². The summed E-state index contributed by atoms with van der Waals surface area (Å²) in [6.45, 7) is 4.42. The monoisotopic (exact) mass is 460 g/mol. The first-order valence-electron chi connectivity index (χ1n) is 9.38. The third-order valence-electron chi connectivity index (χ3n) is 4.26. The Balaban J connectivity index is 2.16. The maximum absolute atomic E-state index is 13.1. The Bertz CT molecular complexity index is 1010. The summed E-state index contributed by atoms with van der Waals surface area (Å²) < 4.78 is 11.8. The Hall–Kier alpha value is -2.81. The van der Waals surface area contributed by atoms with Crippen molar-refractivity contribution in [3.05, 3.63) is 46.8 Å². The average Bonchev–Trinajstić information content (AvgIpc) is 3.09. The second-order valence-corrected chi connectivity index (χ2v) is 7.22. The van der Waals surface area contributed by atoms with Gasteiger partial charge >= 0.3 is 6.09 Å². The average molecular weight is 461 g/mol. The minimum absolute atomic E-state index is 0.00458. The first kappa shape index (κ1) is 20.9. The van der Waals surface area contributed by atoms with E-state index < -0.39 is 11.9 Å². The molecule has 3 aromatic heterocycles. The van der Waals surface area contributed by atoms with Crippen molar-refractivity contribution in [2.45, 2.75) is 33.1 Å². The standard InChI is InChI=1S/C20H21BrN4O4/c1-3-5-6-7-25(20(27)28-4-2)16-15-8-14(21)11-24-19(15)29-18(16)17(26)13-9-22-12-23-10-13/h8-12H,3-7H2,1-2H3. The molecule has 0 spiro atoms. The molecule has 8 nitrogen and oxygen atoms in total. The number of hydrogen-bond acceptors (Lipinski definition) is 7. The topological polar surface area (TPSA) is 98.4 Å². The van der Waals surface area contributed by atoms with Gasteiger partial charge in [-0.25, -0.2) is 19.7 Å². The zero-order valence-corrected chi connectivity index (χ0v) is 17.8. The van der Waals surface area contributed by atoms with E-state index in [9.17, 15) is 9.59 Å². The minimum Gasteiger partial charge on any atom is -0.449 e. The fraction of sp³-hybridized carbons (Fsp3) is 0.350. The molecule has 29 heavy (non-hydrogen) atoms. The summed E-state index contributed by atoms with van der Waals surface area (Å²) in [6.07, 6.45) is 7.86. The number of nitrogens with zero attached hydrogens (tertiary/aromatic N) is 4. The zero-order valence-electron chi connectivity index (χ0n) is 16.2. The van der Waals surface area contributed by atoms with Gasteiger partial charge in [-0.3, -0.25) is 9.69 Å². The van der Waals surface area contributed by atoms with E-state index in [4.69, 9.17) is 9.15 Å². The summed E-state index contributed by atoms with van der Waals surface area (Å²) >= 11 is 3.39. The second kappa shape index (κ2) is 9.60. The van der Waals surface area contributed by atoms with Crippen LogP contribution in [-0.4, -0.2) is 40.0 Å². The van der Waals surface area contributed by atoms with Gasteiger partial charge in [0, 0.05) is 29.6 Å². The number of halogens is 1. The van der Waals surface area contributed by atoms with Crippen molar-refractivity contribution in [1.29, 1.82) is 0 Å². The van der Waals surface area contributed by atoms with Gasteiger partial charge in [-0.05, 0) is 35.3 Å². The third kappa shape index (κ3) is 4.61. The van der Waals surface area contributed by atoms with E-state index in [0.717, 1.165) is 19.3 Å². The molecule has 0 aliphatic carbocycles. The van der Waals surface area contributed by atoms with Crippen LogP contribution in [-0.2, 0) is 4.74 Å². The summed E-state index contributed by atoms with van der Waals surface area (Å²) in [4.78, 5) is 39.4. The van der Waals surface area contributed by atoms with Crippen molar-refractivity contribution in [1.82, 2.24) is 15.0 Å². The van der Waals surface area contributed by atoms with Crippen molar-refractivity contribution in [3.8, 4) is 0 Å². The fourth-order valence-corrected chi connectivity index (χ4v) is 3.26. The van der Waals surface area contributed by atoms with Crippen LogP contribution in [0.2, 0.25) is 0 Å². The van der Waals surface area contributed by atoms with Crippen LogP contribution in [0.4, 0.5) is 10.5 Å². The van der Waals surface area contributed by atoms with E-state index in [1.165, 1.54) is 23.6 Å². The summed E-state index contributed by atoms with van der Waals surface area (Å²) in [5, 5.41) is 0.545. The molecular weight excluding hydrogens is 440 g/mol. The number of carbonyl (C=O) groups excluding carboxylic acids is 2. The lowest BCUT2D eigenvalue weighted by Gasteiger charge is -2.22. The largest absolute Gasteiger partial charge is 0.449 e. The van der Waals surface area contributed by atoms with Crippen LogP contribution in [0.25, 0.3) is 11.1 Å². The van der Waals surface area contributed by atoms with Gasteiger partial charge in [-0.1, -0.05) is 19.8 Å². The highest BCUT2D eigenvalue weighted by molar-refractivity contribution is 9.10. The Kier molecular flexibility index (Phi) is 6.92. The first-order chi connectivity index (χ1) is 14.1. The van der Waals surface area contributed by atoms with Gasteiger partial charge in [0.05, 0.1) is 17.6 Å². The Morgan fingerprint density at radius 2 is 1.93 bits per heavy atom. The highest BCUT2D eigenvalue weighted by Gasteiger charge is 2.30. The molecule has 0 atom stereocenters. The number of anilines is 1. The number of carbonyl (C=O) groups is 2. The number of furan rings is 1. The van der Waals surface area contributed by atoms with Crippen LogP contribution < -0.4 is 4.90 Å². The van der Waals surface area contributed by atoms with Crippen molar-refractivity contribution >= 4 is 44.6 Å². The number of unbranched alkanes of at least 4 members (excludes halogenated alkanes) is 2. The molecule has 0 N–H and O–H groups in total. The summed E-state index contributed by atoms with van der Waals surface area (Å²) in [5.74, 6) is -0.426. The number of rotatable bonds is 8. The van der Waals surface area contributed by atoms with Gasteiger partial charge in [0.15, 0.2) is 0 Å². The third-order valence-corrected chi connectivity index (χ3v) is 4.69. The molecule has 0 aliphatic heterocycles. The maximum atomic E-state index is 13.1. The first-order valence-corrected chi connectivity index (χ1v) is 10.2. The molecule has 0 saturated heterocycles. The Labute approximate surface area is 176 Å². The number of amides is 1. The SMILES string of the molecule is CCCCCN(C(=O)OCC)c1c(C(=O)c2cncnc2)oc2ncc(Br)cc12. The van der Waals surface area contributed by atoms with Crippen LogP contribution >= 0.6 is 15.9 Å². The molecule has 0 aromatic carbocycles. The summed E-state index contributed by atoms with van der Waals surface area (Å²) in [7, 11) is 0. The van der Waals surface area contributed by atoms with Crippen LogP contribution in [0.5, 0.6) is 0 Å². The van der Waals surface area contributed by atoms with E-state index in [-0.39, 0.29) is 23.6 Å². The van der Waals surface area contributed by atoms with Crippen molar-refractivity contribution < 1.29 is 18.7 Å². The molecule has 0 aliphatic rings. The molecule has 1 amide bonds. The summed E-state index contributed by atoms with van der Waals surface area (Å²) in [6, 6.07) is 1.77. The van der Waals surface area contributed by atoms with Gasteiger partial charge < -0.3 is 9.15 Å². The van der Waals surface area contributed by atoms with Gasteiger partial charge in [-0.15, -0.1) is 0 Å². The molecule has 9 heteroatoms. The number of aromatic nitrogens is 3. The van der Waals surface area contributed by atoms with Crippen molar-refractivity contribution in [3.63, 3.8) is 0 Å². The van der Waals surface area contributed by atoms with Gasteiger partial charge in [0.1, 0.15) is 12.0 Å². The van der Waals surface area contributed by atoms with E-state index >= 15 is 0 Å². The van der Waals surface area contributed by atoms with Gasteiger partial charge in [-0.2, -0.15) is 0 Å². The van der Waals surface area contributed by atoms with Crippen LogP contribution in [0.15, 0.2) is 39.9 Å². The maximum Gasteiger partial charge on any atom is 0.414 e. The molecule has 0 bridgehead atoms. The lowest BCUT2D eigenvalue weighted by molar-refractivity contribution is 0.101. The number of pyridine rings is 1. The highest BCUT2D eigenvalue weighted by atomic mass is 79.9. The molecule has 152 valence electrons. The van der Waals surface area contributed by atoms with Crippen LogP contribution in [0.3, 0.4) is 0 Å². The van der Waals surface area contributed by atoms with E-state index in [2.05, 4.69) is 37.8 Å². The number of ether oxygens (including phenoxy) is 1. The lowest BCUT2D eigenvalue weighted by atomic mass is 10.1. The van der Waals surface area contributed by atoms with E-state index in [0.29, 0.717) is 22.1 Å². The highest BCUT2D eigenvalue weighted by Crippen LogP contribution is 2.36. The quantitative estimate of drug-likeness (QED) is 0.352. The van der Waals surface area contributed by atoms with E-state index in [1.54, 1.807) is 19.2 Å². The number of fused-ring (bicyclic) bond motifs is 1. The van der Waals surface area contributed by atoms with Crippen molar-refractivity contribution in [2.75, 3.05) is 18.1 Å². The number of hydrogen-bond donors (Lipinski definition) is 0. The predicted octanol–water partition coefficient (Wildman–Crippen LogP) is 4.76. The van der Waals surface area contributed by atoms with Crippen molar-refractivity contribution in [2.24, 2.45) is 0 Å². The zero-order chi connectivity index (χ0) is 20.8. The van der Waals surface area contributed by atoms with Gasteiger partial charge in [0.2, 0.25) is 17.3 Å². The Morgan fingerprint density at radius 1 is 1.17 bits per heavy atom. The molecule has 0 fully saturated rings. The fourth-order valence-electron chi connectivity index (χ4n) is 2.93. The molecule has 0 unspecified atom stereocenters.